The van der Waals surface area contributed by atoms with E-state index in [1.54, 1.807) is 12.3 Å². The normalized spacial score (nSPS) is 12.6. The van der Waals surface area contributed by atoms with Crippen molar-refractivity contribution in [3.63, 3.8) is 0 Å². The van der Waals surface area contributed by atoms with Gasteiger partial charge >= 0.3 is 0 Å². The summed E-state index contributed by atoms with van der Waals surface area (Å²) in [4.78, 5) is 16.2. The summed E-state index contributed by atoms with van der Waals surface area (Å²) in [6, 6.07) is 7.84. The molecule has 0 spiro atoms. The number of aryl methyl sites for hydroxylation is 2. The van der Waals surface area contributed by atoms with Gasteiger partial charge in [0, 0.05) is 19.4 Å². The number of nitrogens with zero attached hydrogens (tertiary/aromatic N) is 2. The molecular weight excluding hydrogens is 250 g/mol. The van der Waals surface area contributed by atoms with Crippen molar-refractivity contribution < 1.29 is 4.79 Å². The molecule has 0 saturated heterocycles. The van der Waals surface area contributed by atoms with Gasteiger partial charge in [-0.2, -0.15) is 0 Å². The molecule has 20 heavy (non-hydrogen) atoms. The molecule has 1 N–H and O–H groups in total. The predicted molar refractivity (Wildman–Crippen MR) is 79.2 cm³/mol. The number of rotatable bonds is 4. The zero-order chi connectivity index (χ0) is 14.5. The van der Waals surface area contributed by atoms with Gasteiger partial charge in [0.05, 0.1) is 0 Å². The fraction of sp³-hybridized carbons (Fsp3) is 0.250. The van der Waals surface area contributed by atoms with E-state index in [9.17, 15) is 4.79 Å². The second-order valence-corrected chi connectivity index (χ2v) is 4.75. The summed E-state index contributed by atoms with van der Waals surface area (Å²) in [6.07, 6.45) is 6.85. The fourth-order valence-corrected chi connectivity index (χ4v) is 2.14. The molecule has 1 aromatic carbocycles. The van der Waals surface area contributed by atoms with Crippen LogP contribution in [0.3, 0.4) is 0 Å². The average molecular weight is 269 g/mol. The van der Waals surface area contributed by atoms with Crippen molar-refractivity contribution in [1.29, 1.82) is 0 Å². The summed E-state index contributed by atoms with van der Waals surface area (Å²) in [5.41, 5.74) is 2.18. The monoisotopic (exact) mass is 269 g/mol. The average Bonchev–Trinajstić information content (AvgIpc) is 2.82. The quantitative estimate of drug-likeness (QED) is 0.867. The number of carbonyl (C=O) groups is 1. The number of allylic oxidation sites excluding steroid dienone is 1. The van der Waals surface area contributed by atoms with E-state index in [0.29, 0.717) is 0 Å². The van der Waals surface area contributed by atoms with Crippen LogP contribution in [0.1, 0.15) is 29.9 Å². The summed E-state index contributed by atoms with van der Waals surface area (Å²) in [5.74, 6) is 0.690. The number of hydrogen-bond acceptors (Lipinski definition) is 2. The fourth-order valence-electron chi connectivity index (χ4n) is 2.14. The maximum Gasteiger partial charge on any atom is 0.244 e. The lowest BCUT2D eigenvalue weighted by Gasteiger charge is -2.18. The van der Waals surface area contributed by atoms with Gasteiger partial charge in [-0.1, -0.05) is 35.9 Å². The lowest BCUT2D eigenvalue weighted by Crippen LogP contribution is -2.29. The maximum atomic E-state index is 11.9. The molecule has 0 aliphatic rings. The van der Waals surface area contributed by atoms with Crippen LogP contribution in [0.2, 0.25) is 0 Å². The van der Waals surface area contributed by atoms with Gasteiger partial charge in [0.25, 0.3) is 0 Å². The van der Waals surface area contributed by atoms with Crippen LogP contribution in [0, 0.1) is 6.92 Å². The van der Waals surface area contributed by atoms with Crippen molar-refractivity contribution in [3.8, 4) is 0 Å². The summed E-state index contributed by atoms with van der Waals surface area (Å²) < 4.78 is 1.92. The summed E-state index contributed by atoms with van der Waals surface area (Å²) in [6.45, 7) is 3.86. The molecule has 0 radical (unpaired) electrons. The molecule has 2 aromatic rings. The van der Waals surface area contributed by atoms with E-state index >= 15 is 0 Å². The van der Waals surface area contributed by atoms with Gasteiger partial charge < -0.3 is 9.88 Å². The summed E-state index contributed by atoms with van der Waals surface area (Å²) in [5, 5.41) is 3.00. The Hall–Kier alpha value is -2.36. The number of carbonyl (C=O) groups excluding carboxylic acids is 1. The Morgan fingerprint density at radius 3 is 2.85 bits per heavy atom. The molecule has 1 amide bonds. The molecule has 1 aromatic heterocycles. The molecule has 0 aliphatic heterocycles. The van der Waals surface area contributed by atoms with Crippen molar-refractivity contribution in [2.75, 3.05) is 0 Å². The molecular formula is C16H19N3O. The molecule has 4 nitrogen and oxygen atoms in total. The maximum absolute atomic E-state index is 11.9. The number of hydrogen-bond donors (Lipinski definition) is 1. The number of aromatic nitrogens is 2. The number of amides is 1. The first-order valence-corrected chi connectivity index (χ1v) is 6.59. The molecule has 1 heterocycles. The first kappa shape index (κ1) is 14.1. The van der Waals surface area contributed by atoms with Crippen LogP contribution in [0.15, 0.2) is 48.8 Å². The summed E-state index contributed by atoms with van der Waals surface area (Å²) in [7, 11) is 1.92. The van der Waals surface area contributed by atoms with E-state index in [4.69, 9.17) is 0 Å². The second-order valence-electron chi connectivity index (χ2n) is 4.75. The van der Waals surface area contributed by atoms with E-state index < -0.39 is 0 Å². The molecule has 0 fully saturated rings. The van der Waals surface area contributed by atoms with Crippen molar-refractivity contribution >= 4 is 5.91 Å². The predicted octanol–water partition coefficient (Wildman–Crippen LogP) is 2.51. The molecule has 104 valence electrons. The SMILES string of the molecule is C/C=C/C(=O)NC(c1cccc(C)c1)c1nccn1C. The van der Waals surface area contributed by atoms with Crippen LogP contribution in [-0.2, 0) is 11.8 Å². The molecule has 0 bridgehead atoms. The first-order valence-electron chi connectivity index (χ1n) is 6.59. The van der Waals surface area contributed by atoms with Crippen LogP contribution in [0.5, 0.6) is 0 Å². The van der Waals surface area contributed by atoms with Gasteiger partial charge in [-0.25, -0.2) is 4.98 Å². The third-order valence-corrected chi connectivity index (χ3v) is 3.10. The number of nitrogens with one attached hydrogen (secondary N) is 1. The largest absolute Gasteiger partial charge is 0.339 e. The van der Waals surface area contributed by atoms with Gasteiger partial charge in [0.2, 0.25) is 5.91 Å². The first-order chi connectivity index (χ1) is 9.61. The highest BCUT2D eigenvalue weighted by Gasteiger charge is 2.19. The van der Waals surface area contributed by atoms with Crippen molar-refractivity contribution in [3.05, 3.63) is 65.8 Å². The molecule has 1 unspecified atom stereocenters. The molecule has 0 aliphatic carbocycles. The Kier molecular flexibility index (Phi) is 4.35. The number of imidazole rings is 1. The van der Waals surface area contributed by atoms with Crippen molar-refractivity contribution in [2.45, 2.75) is 19.9 Å². The minimum atomic E-state index is -0.251. The molecule has 2 rings (SSSR count). The van der Waals surface area contributed by atoms with Crippen LogP contribution in [0.25, 0.3) is 0 Å². The smallest absolute Gasteiger partial charge is 0.244 e. The highest BCUT2D eigenvalue weighted by Crippen LogP contribution is 2.21. The third-order valence-electron chi connectivity index (χ3n) is 3.10. The Balaban J connectivity index is 2.39. The van der Waals surface area contributed by atoms with E-state index in [-0.39, 0.29) is 11.9 Å². The van der Waals surface area contributed by atoms with Crippen molar-refractivity contribution in [2.24, 2.45) is 7.05 Å². The van der Waals surface area contributed by atoms with E-state index in [2.05, 4.69) is 16.4 Å². The van der Waals surface area contributed by atoms with Crippen LogP contribution in [-0.4, -0.2) is 15.5 Å². The highest BCUT2D eigenvalue weighted by atomic mass is 16.1. The summed E-state index contributed by atoms with van der Waals surface area (Å²) >= 11 is 0. The van der Waals surface area contributed by atoms with Gasteiger partial charge in [-0.05, 0) is 25.5 Å². The zero-order valence-corrected chi connectivity index (χ0v) is 12.0. The van der Waals surface area contributed by atoms with Gasteiger partial charge in [-0.3, -0.25) is 4.79 Å². The highest BCUT2D eigenvalue weighted by molar-refractivity contribution is 5.87. The molecule has 4 heteroatoms. The van der Waals surface area contributed by atoms with Crippen LogP contribution in [0.4, 0.5) is 0 Å². The second kappa shape index (κ2) is 6.19. The van der Waals surface area contributed by atoms with Crippen LogP contribution < -0.4 is 5.32 Å². The van der Waals surface area contributed by atoms with Gasteiger partial charge in [-0.15, -0.1) is 0 Å². The third kappa shape index (κ3) is 3.15. The van der Waals surface area contributed by atoms with Gasteiger partial charge in [0.1, 0.15) is 11.9 Å². The Morgan fingerprint density at radius 1 is 1.45 bits per heavy atom. The van der Waals surface area contributed by atoms with Crippen molar-refractivity contribution in [1.82, 2.24) is 14.9 Å². The Bertz CT molecular complexity index is 628. The van der Waals surface area contributed by atoms with Crippen LogP contribution >= 0.6 is 0 Å². The minimum Gasteiger partial charge on any atom is -0.339 e. The van der Waals surface area contributed by atoms with E-state index in [1.165, 1.54) is 6.08 Å². The molecule has 1 atom stereocenters. The lowest BCUT2D eigenvalue weighted by molar-refractivity contribution is -0.117. The lowest BCUT2D eigenvalue weighted by atomic mass is 10.0. The molecule has 0 saturated carbocycles. The standard InChI is InChI=1S/C16H19N3O/c1-4-6-14(20)18-15(16-17-9-10-19(16)3)13-8-5-7-12(2)11-13/h4-11,15H,1-3H3,(H,18,20)/b6-4+. The number of benzene rings is 1. The van der Waals surface area contributed by atoms with E-state index in [1.807, 2.05) is 49.9 Å². The van der Waals surface area contributed by atoms with E-state index in [0.717, 1.165) is 17.0 Å². The minimum absolute atomic E-state index is 0.123. The Labute approximate surface area is 119 Å². The van der Waals surface area contributed by atoms with Gasteiger partial charge in [0.15, 0.2) is 0 Å². The Morgan fingerprint density at radius 2 is 2.25 bits per heavy atom. The zero-order valence-electron chi connectivity index (χ0n) is 12.0. The topological polar surface area (TPSA) is 46.9 Å².